The Morgan fingerprint density at radius 2 is 1.10 bits per heavy atom. The fraction of sp³-hybridized carbons (Fsp3) is 0.833. The van der Waals surface area contributed by atoms with Crippen LogP contribution >= 0.6 is 31.9 Å². The summed E-state index contributed by atoms with van der Waals surface area (Å²) in [5.41, 5.74) is 9.19. The summed E-state index contributed by atoms with van der Waals surface area (Å²) in [5, 5.41) is 7.22. The third-order valence-corrected chi connectivity index (χ3v) is 8.13. The molecule has 0 heterocycles. The number of hydrogen-bond acceptors (Lipinski definition) is 13. The van der Waals surface area contributed by atoms with Gasteiger partial charge in [0.05, 0.1) is 42.5 Å². The SMILES string of the molecule is CC(C)(C)C(=O)OCC(COCC(=O)CCCOCCOCCCC(=O)[C@@H](N)CCCCCC(=N)N)(COC(=O)C(C)(C)Br)COC(=O)C(C)(C)Br. The molecule has 5 N–H and O–H groups in total. The van der Waals surface area contributed by atoms with Gasteiger partial charge in [0.2, 0.25) is 0 Å². The molecule has 0 saturated carbocycles. The summed E-state index contributed by atoms with van der Waals surface area (Å²) in [7, 11) is 0. The number of carbonyl (C=O) groups excluding carboxylic acids is 5. The molecule has 16 heteroatoms. The quantitative estimate of drug-likeness (QED) is 0.0218. The van der Waals surface area contributed by atoms with Crippen molar-refractivity contribution in [3.8, 4) is 0 Å². The molecular formula is C36H63Br2N3O11. The largest absolute Gasteiger partial charge is 0.464 e. The first-order valence-electron chi connectivity index (χ1n) is 17.8. The van der Waals surface area contributed by atoms with E-state index in [2.05, 4.69) is 31.9 Å². The Morgan fingerprint density at radius 1 is 0.615 bits per heavy atom. The van der Waals surface area contributed by atoms with Crippen molar-refractivity contribution in [1.29, 1.82) is 5.41 Å². The van der Waals surface area contributed by atoms with Gasteiger partial charge in [-0.15, -0.1) is 0 Å². The fourth-order valence-electron chi connectivity index (χ4n) is 4.16. The molecule has 0 aromatic heterocycles. The standard InChI is InChI=1S/C36H63Br2N3O11/c1-33(2,3)30(44)50-23-36(24-51-31(45)34(4,5)37,25-52-32(46)35(6,7)38)22-49-21-26(42)13-11-17-47-19-20-48-18-12-15-28(43)27(39)14-9-8-10-16-29(40)41/h27H,8-25,39H2,1-7H3,(H3,40,41)/t27-/m0/s1. The predicted octanol–water partition coefficient (Wildman–Crippen LogP) is 4.96. The van der Waals surface area contributed by atoms with Gasteiger partial charge in [0.1, 0.15) is 40.9 Å². The topological polar surface area (TPSA) is 217 Å². The van der Waals surface area contributed by atoms with Crippen LogP contribution in [0.25, 0.3) is 0 Å². The number of ether oxygens (including phenoxy) is 6. The molecule has 0 rings (SSSR count). The summed E-state index contributed by atoms with van der Waals surface area (Å²) < 4.78 is 31.5. The van der Waals surface area contributed by atoms with Gasteiger partial charge in [0.25, 0.3) is 0 Å². The lowest BCUT2D eigenvalue weighted by molar-refractivity contribution is -0.173. The van der Waals surface area contributed by atoms with E-state index in [1.807, 2.05) is 0 Å². The van der Waals surface area contributed by atoms with Crippen molar-refractivity contribution in [1.82, 2.24) is 0 Å². The normalized spacial score (nSPS) is 13.0. The monoisotopic (exact) mass is 871 g/mol. The molecule has 0 aromatic carbocycles. The maximum atomic E-state index is 12.7. The molecule has 0 spiro atoms. The van der Waals surface area contributed by atoms with Crippen LogP contribution in [0, 0.1) is 16.2 Å². The lowest BCUT2D eigenvalue weighted by Gasteiger charge is -2.34. The van der Waals surface area contributed by atoms with Crippen molar-refractivity contribution in [3.05, 3.63) is 0 Å². The average molecular weight is 874 g/mol. The molecule has 0 bridgehead atoms. The number of nitrogens with two attached hydrogens (primary N) is 2. The minimum atomic E-state index is -1.30. The number of Topliss-reactive ketones (excluding diaryl/α,β-unsaturated/α-hetero) is 2. The highest BCUT2D eigenvalue weighted by atomic mass is 79.9. The van der Waals surface area contributed by atoms with E-state index in [1.165, 1.54) is 0 Å². The van der Waals surface area contributed by atoms with Crippen molar-refractivity contribution < 1.29 is 52.4 Å². The Labute approximate surface area is 326 Å². The zero-order chi connectivity index (χ0) is 40.0. The lowest BCUT2D eigenvalue weighted by Crippen LogP contribution is -2.46. The Morgan fingerprint density at radius 3 is 1.56 bits per heavy atom. The van der Waals surface area contributed by atoms with Crippen molar-refractivity contribution >= 4 is 67.2 Å². The molecular weight excluding hydrogens is 810 g/mol. The number of esters is 3. The zero-order valence-corrected chi connectivity index (χ0v) is 35.4. The van der Waals surface area contributed by atoms with E-state index in [9.17, 15) is 24.0 Å². The van der Waals surface area contributed by atoms with Crippen LogP contribution in [-0.2, 0) is 52.4 Å². The van der Waals surface area contributed by atoms with Gasteiger partial charge in [-0.1, -0.05) is 44.7 Å². The maximum Gasteiger partial charge on any atom is 0.322 e. The molecule has 0 aliphatic rings. The molecule has 0 amide bonds. The fourth-order valence-corrected chi connectivity index (χ4v) is 4.39. The lowest BCUT2D eigenvalue weighted by atomic mass is 9.91. The number of amidine groups is 1. The third-order valence-electron chi connectivity index (χ3n) is 7.49. The zero-order valence-electron chi connectivity index (χ0n) is 32.2. The van der Waals surface area contributed by atoms with E-state index in [0.29, 0.717) is 58.5 Å². The Balaban J connectivity index is 4.76. The summed E-state index contributed by atoms with van der Waals surface area (Å²) in [4.78, 5) is 62.7. The highest BCUT2D eigenvalue weighted by molar-refractivity contribution is 9.10. The highest BCUT2D eigenvalue weighted by Crippen LogP contribution is 2.27. The van der Waals surface area contributed by atoms with E-state index in [-0.39, 0.29) is 56.9 Å². The van der Waals surface area contributed by atoms with Gasteiger partial charge in [-0.05, 0) is 74.1 Å². The van der Waals surface area contributed by atoms with E-state index >= 15 is 0 Å². The summed E-state index contributed by atoms with van der Waals surface area (Å²) in [6.07, 6.45) is 5.29. The molecule has 1 atom stereocenters. The molecule has 0 unspecified atom stereocenters. The van der Waals surface area contributed by atoms with Gasteiger partial charge in [0.15, 0.2) is 5.78 Å². The number of ketones is 2. The van der Waals surface area contributed by atoms with Crippen LogP contribution in [-0.4, -0.2) is 109 Å². The Hall–Kier alpha value is -1.98. The van der Waals surface area contributed by atoms with Gasteiger partial charge < -0.3 is 39.9 Å². The first-order valence-corrected chi connectivity index (χ1v) is 19.3. The molecule has 0 aliphatic carbocycles. The Kier molecular flexibility index (Phi) is 24.2. The van der Waals surface area contributed by atoms with Gasteiger partial charge in [-0.2, -0.15) is 0 Å². The van der Waals surface area contributed by atoms with Crippen LogP contribution < -0.4 is 11.5 Å². The molecule has 14 nitrogen and oxygen atoms in total. The minimum absolute atomic E-state index is 0.0130. The van der Waals surface area contributed by atoms with Crippen molar-refractivity contribution in [2.75, 3.05) is 59.5 Å². The van der Waals surface area contributed by atoms with Gasteiger partial charge in [-0.25, -0.2) is 0 Å². The van der Waals surface area contributed by atoms with E-state index in [1.54, 1.807) is 48.5 Å². The maximum absolute atomic E-state index is 12.7. The molecule has 302 valence electrons. The molecule has 0 saturated heterocycles. The van der Waals surface area contributed by atoms with Crippen LogP contribution in [0.4, 0.5) is 0 Å². The minimum Gasteiger partial charge on any atom is -0.464 e. The predicted molar refractivity (Wildman–Crippen MR) is 205 cm³/mol. The average Bonchev–Trinajstić information content (AvgIpc) is 3.03. The summed E-state index contributed by atoms with van der Waals surface area (Å²) in [6, 6.07) is -0.484. The van der Waals surface area contributed by atoms with Crippen molar-refractivity contribution in [2.45, 2.75) is 121 Å². The van der Waals surface area contributed by atoms with Gasteiger partial charge in [-0.3, -0.25) is 29.4 Å². The van der Waals surface area contributed by atoms with Gasteiger partial charge in [0, 0.05) is 32.5 Å². The summed E-state index contributed by atoms with van der Waals surface area (Å²) >= 11 is 6.54. The van der Waals surface area contributed by atoms with Crippen LogP contribution in [0.15, 0.2) is 0 Å². The summed E-state index contributed by atoms with van der Waals surface area (Å²) in [6.45, 7) is 11.6. The molecule has 0 aromatic rings. The number of hydrogen-bond donors (Lipinski definition) is 3. The van der Waals surface area contributed by atoms with Crippen LogP contribution in [0.2, 0.25) is 0 Å². The van der Waals surface area contributed by atoms with Gasteiger partial charge >= 0.3 is 17.9 Å². The summed E-state index contributed by atoms with van der Waals surface area (Å²) in [5.74, 6) is -1.71. The van der Waals surface area contributed by atoms with E-state index in [0.717, 1.165) is 19.3 Å². The first-order chi connectivity index (χ1) is 24.0. The number of unbranched alkanes of at least 4 members (excludes halogenated alkanes) is 2. The third kappa shape index (κ3) is 24.4. The van der Waals surface area contributed by atoms with Crippen molar-refractivity contribution in [2.24, 2.45) is 22.3 Å². The first kappa shape index (κ1) is 50.0. The van der Waals surface area contributed by atoms with Crippen LogP contribution in [0.5, 0.6) is 0 Å². The Bertz CT molecular complexity index is 1060. The second-order valence-electron chi connectivity index (χ2n) is 15.1. The number of rotatable bonds is 30. The second kappa shape index (κ2) is 25.2. The number of nitrogens with one attached hydrogen (secondary N) is 1. The van der Waals surface area contributed by atoms with Crippen molar-refractivity contribution in [3.63, 3.8) is 0 Å². The number of carbonyl (C=O) groups is 5. The highest BCUT2D eigenvalue weighted by Gasteiger charge is 2.40. The van der Waals surface area contributed by atoms with E-state index < -0.39 is 43.4 Å². The number of alkyl halides is 2. The molecule has 52 heavy (non-hydrogen) atoms. The second-order valence-corrected chi connectivity index (χ2v) is 19.0. The number of halogens is 2. The molecule has 0 radical (unpaired) electrons. The van der Waals surface area contributed by atoms with Crippen LogP contribution in [0.3, 0.4) is 0 Å². The van der Waals surface area contributed by atoms with Crippen LogP contribution in [0.1, 0.15) is 106 Å². The smallest absolute Gasteiger partial charge is 0.322 e. The molecule has 0 aliphatic heterocycles. The van der Waals surface area contributed by atoms with E-state index in [4.69, 9.17) is 45.3 Å². The molecule has 0 fully saturated rings.